The van der Waals surface area contributed by atoms with Gasteiger partial charge in [0.05, 0.1) is 11.4 Å². The van der Waals surface area contributed by atoms with Gasteiger partial charge in [0, 0.05) is 29.1 Å². The van der Waals surface area contributed by atoms with Crippen LogP contribution in [0.2, 0.25) is 0 Å². The summed E-state index contributed by atoms with van der Waals surface area (Å²) in [6.07, 6.45) is 9.96. The first kappa shape index (κ1) is 29.6. The van der Waals surface area contributed by atoms with E-state index in [0.29, 0.717) is 30.9 Å². The minimum Gasteiger partial charge on any atom is -0.353 e. The molecule has 3 rings (SSSR count). The maximum atomic E-state index is 14.2. The molecule has 12 heteroatoms. The highest BCUT2D eigenvalue weighted by atomic mass is 35.5. The summed E-state index contributed by atoms with van der Waals surface area (Å²) in [6.45, 7) is 0.0562. The summed E-state index contributed by atoms with van der Waals surface area (Å²) in [6, 6.07) is -0.509. The van der Waals surface area contributed by atoms with E-state index in [1.54, 1.807) is 6.08 Å². The molecular weight excluding hydrogens is 536 g/mol. The quantitative estimate of drug-likeness (QED) is 0.255. The summed E-state index contributed by atoms with van der Waals surface area (Å²) < 4.78 is 87.2. The Labute approximate surface area is 219 Å². The minimum atomic E-state index is -3.89. The number of nitrogens with zero attached hydrogens (tertiary/aromatic N) is 1. The van der Waals surface area contributed by atoms with Crippen LogP contribution in [0, 0.1) is 0 Å². The molecule has 0 radical (unpaired) electrons. The number of halogens is 3. The maximum absolute atomic E-state index is 14.2. The summed E-state index contributed by atoms with van der Waals surface area (Å²) >= 11 is 3.75. The van der Waals surface area contributed by atoms with Crippen molar-refractivity contribution in [3.8, 4) is 0 Å². The minimum absolute atomic E-state index is 0.0486. The molecule has 204 valence electrons. The number of allylic oxidation sites excluding steroid dienone is 8. The van der Waals surface area contributed by atoms with E-state index in [2.05, 4.69) is 0 Å². The molecule has 1 heterocycles. The first-order valence-electron chi connectivity index (χ1n) is 12.2. The van der Waals surface area contributed by atoms with E-state index in [-0.39, 0.29) is 43.6 Å². The summed E-state index contributed by atoms with van der Waals surface area (Å²) in [4.78, 5) is 0.221. The van der Waals surface area contributed by atoms with E-state index in [4.69, 9.17) is 21.1 Å². The van der Waals surface area contributed by atoms with E-state index in [1.165, 1.54) is 10.4 Å². The molecule has 1 saturated heterocycles. The number of hydrogen-bond acceptors (Lipinski definition) is 5. The smallest absolute Gasteiger partial charge is 0.234 e. The zero-order valence-electron chi connectivity index (χ0n) is 20.1. The predicted molar refractivity (Wildman–Crippen MR) is 136 cm³/mol. The van der Waals surface area contributed by atoms with Gasteiger partial charge in [-0.15, -0.1) is 0 Å². The van der Waals surface area contributed by atoms with Crippen molar-refractivity contribution >= 4 is 32.7 Å². The topological polar surface area (TPSA) is 93.1 Å². The highest BCUT2D eigenvalue weighted by molar-refractivity contribution is 7.96. The second-order valence-corrected chi connectivity index (χ2v) is 13.0. The van der Waals surface area contributed by atoms with Gasteiger partial charge < -0.3 is 9.47 Å². The van der Waals surface area contributed by atoms with Crippen LogP contribution in [-0.2, 0) is 30.6 Å². The van der Waals surface area contributed by atoms with Crippen molar-refractivity contribution in [3.05, 3.63) is 46.1 Å². The van der Waals surface area contributed by atoms with Gasteiger partial charge in [-0.1, -0.05) is 17.7 Å². The highest BCUT2D eigenvalue weighted by Crippen LogP contribution is 2.49. The van der Waals surface area contributed by atoms with E-state index in [1.807, 2.05) is 0 Å². The van der Waals surface area contributed by atoms with Crippen LogP contribution in [0.3, 0.4) is 0 Å². The van der Waals surface area contributed by atoms with Gasteiger partial charge in [-0.2, -0.15) is 4.31 Å². The van der Waals surface area contributed by atoms with E-state index in [9.17, 15) is 26.0 Å². The summed E-state index contributed by atoms with van der Waals surface area (Å²) in [5.74, 6) is -0.730. The van der Waals surface area contributed by atoms with Crippen LogP contribution in [0.5, 0.6) is 0 Å². The highest BCUT2D eigenvalue weighted by Gasteiger charge is 2.56. The lowest BCUT2D eigenvalue weighted by molar-refractivity contribution is -0.163. The molecule has 1 aliphatic heterocycles. The molecule has 3 aliphatic rings. The molecule has 36 heavy (non-hydrogen) atoms. The monoisotopic (exact) mass is 569 g/mol. The van der Waals surface area contributed by atoms with E-state index >= 15 is 0 Å². The van der Waals surface area contributed by atoms with Gasteiger partial charge in [0.25, 0.3) is 0 Å². The zero-order chi connectivity index (χ0) is 26.2. The van der Waals surface area contributed by atoms with E-state index < -0.39 is 44.4 Å². The molecule has 2 unspecified atom stereocenters. The number of alkyl halides is 1. The Bertz CT molecular complexity index is 1000. The SMILES string of the molecule is O=S(O)N(CCOC1CCCCO1)C1CC(CC=C(F)C=CCF)(S(=O)(=O)C2=CC=C(Cl)CCC2)C1. The van der Waals surface area contributed by atoms with Gasteiger partial charge in [-0.3, -0.25) is 4.55 Å². The van der Waals surface area contributed by atoms with Crippen LogP contribution in [0.4, 0.5) is 8.78 Å². The van der Waals surface area contributed by atoms with Gasteiger partial charge in [0.1, 0.15) is 12.5 Å². The zero-order valence-corrected chi connectivity index (χ0v) is 22.5. The van der Waals surface area contributed by atoms with Gasteiger partial charge in [-0.25, -0.2) is 21.4 Å². The van der Waals surface area contributed by atoms with E-state index in [0.717, 1.165) is 37.5 Å². The molecule has 0 spiro atoms. The Hall–Kier alpha value is -0.950. The van der Waals surface area contributed by atoms with Gasteiger partial charge in [0.2, 0.25) is 11.3 Å². The summed E-state index contributed by atoms with van der Waals surface area (Å²) in [7, 11) is -3.89. The lowest BCUT2D eigenvalue weighted by atomic mass is 9.77. The third-order valence-electron chi connectivity index (χ3n) is 6.82. The van der Waals surface area contributed by atoms with Crippen LogP contribution >= 0.6 is 11.6 Å². The molecule has 2 fully saturated rings. The Morgan fingerprint density at radius 2 is 2.08 bits per heavy atom. The molecule has 2 aliphatic carbocycles. The number of hydrogen-bond donors (Lipinski definition) is 1. The van der Waals surface area contributed by atoms with Crippen molar-refractivity contribution in [3.63, 3.8) is 0 Å². The van der Waals surface area contributed by atoms with Gasteiger partial charge in [-0.05, 0) is 82.1 Å². The largest absolute Gasteiger partial charge is 0.353 e. The Morgan fingerprint density at radius 1 is 1.31 bits per heavy atom. The van der Waals surface area contributed by atoms with Crippen LogP contribution in [-0.4, -0.2) is 65.0 Å². The first-order chi connectivity index (χ1) is 17.2. The summed E-state index contributed by atoms with van der Waals surface area (Å²) in [5.41, 5.74) is 0. The van der Waals surface area contributed by atoms with Crippen molar-refractivity contribution in [1.82, 2.24) is 4.31 Å². The lowest BCUT2D eigenvalue weighted by Crippen LogP contribution is -2.59. The molecule has 2 atom stereocenters. The predicted octanol–water partition coefficient (Wildman–Crippen LogP) is 5.24. The molecule has 0 aromatic rings. The van der Waals surface area contributed by atoms with Crippen molar-refractivity contribution in [2.75, 3.05) is 26.4 Å². The van der Waals surface area contributed by atoms with Gasteiger partial charge in [0.15, 0.2) is 16.1 Å². The van der Waals surface area contributed by atoms with Crippen LogP contribution in [0.1, 0.15) is 57.8 Å². The van der Waals surface area contributed by atoms with Crippen molar-refractivity contribution in [2.45, 2.75) is 74.9 Å². The number of rotatable bonds is 12. The molecule has 0 amide bonds. The number of sulfone groups is 1. The Morgan fingerprint density at radius 3 is 2.75 bits per heavy atom. The average molecular weight is 570 g/mol. The Balaban J connectivity index is 1.76. The fraction of sp³-hybridized carbons (Fsp3) is 0.667. The fourth-order valence-corrected chi connectivity index (χ4v) is 7.97. The van der Waals surface area contributed by atoms with Gasteiger partial charge >= 0.3 is 0 Å². The average Bonchev–Trinajstić information content (AvgIpc) is 3.05. The third-order valence-corrected chi connectivity index (χ3v) is 10.7. The van der Waals surface area contributed by atoms with Crippen molar-refractivity contribution in [1.29, 1.82) is 0 Å². The maximum Gasteiger partial charge on any atom is 0.234 e. The second-order valence-electron chi connectivity index (χ2n) is 9.24. The number of ether oxygens (including phenoxy) is 2. The molecule has 1 saturated carbocycles. The molecule has 0 aromatic carbocycles. The molecule has 1 N–H and O–H groups in total. The van der Waals surface area contributed by atoms with Crippen LogP contribution in [0.25, 0.3) is 0 Å². The fourth-order valence-electron chi connectivity index (χ4n) is 4.80. The molecule has 0 bridgehead atoms. The Kier molecular flexibility index (Phi) is 11.3. The second kappa shape index (κ2) is 13.7. The van der Waals surface area contributed by atoms with Crippen LogP contribution in [0.15, 0.2) is 46.1 Å². The van der Waals surface area contributed by atoms with Crippen molar-refractivity contribution in [2.24, 2.45) is 0 Å². The standard InChI is InChI=1S/C24H34ClF2NO6S2/c25-19-5-3-7-22(10-9-19)36(31,32)24(12-11-20(27)6-4-13-26)17-21(18-24)28(35(29)30)14-16-34-23-8-1-2-15-33-23/h4,6,9-11,21,23H,1-3,5,7-8,12-18H2,(H,29,30). The third kappa shape index (κ3) is 7.55. The summed E-state index contributed by atoms with van der Waals surface area (Å²) in [5, 5.41) is 0.562. The molecule has 7 nitrogen and oxygen atoms in total. The molecule has 0 aromatic heterocycles. The van der Waals surface area contributed by atoms with Crippen molar-refractivity contribution < 1.29 is 35.4 Å². The molecular formula is C24H34ClF2NO6S2. The first-order valence-corrected chi connectivity index (χ1v) is 15.1. The lowest BCUT2D eigenvalue weighted by Gasteiger charge is -2.49. The normalized spacial score (nSPS) is 29.0. The van der Waals surface area contributed by atoms with Crippen LogP contribution < -0.4 is 0 Å².